The van der Waals surface area contributed by atoms with Gasteiger partial charge in [0.25, 0.3) is 0 Å². The van der Waals surface area contributed by atoms with Gasteiger partial charge in [0.05, 0.1) is 12.3 Å². The van der Waals surface area contributed by atoms with Crippen LogP contribution in [0.4, 0.5) is 0 Å². The van der Waals surface area contributed by atoms with E-state index in [1.54, 1.807) is 20.8 Å². The van der Waals surface area contributed by atoms with E-state index in [1.807, 2.05) is 6.92 Å². The number of carbonyl (C=O) groups is 1. The van der Waals surface area contributed by atoms with Crippen LogP contribution in [0.25, 0.3) is 0 Å². The monoisotopic (exact) mass is 235 g/mol. The fraction of sp³-hybridized carbons (Fsp3) is 0.900. The number of ketones is 1. The molecule has 0 heterocycles. The molecule has 0 aliphatic rings. The fourth-order valence-corrected chi connectivity index (χ4v) is 2.01. The first-order chi connectivity index (χ1) is 6.69. The van der Waals surface area contributed by atoms with Gasteiger partial charge in [-0.2, -0.15) is 0 Å². The van der Waals surface area contributed by atoms with E-state index in [-0.39, 0.29) is 18.1 Å². The maximum absolute atomic E-state index is 11.5. The Kier molecular flexibility index (Phi) is 5.45. The van der Waals surface area contributed by atoms with Gasteiger partial charge in [-0.1, -0.05) is 34.1 Å². The van der Waals surface area contributed by atoms with Crippen LogP contribution >= 0.6 is 0 Å². The van der Waals surface area contributed by atoms with Gasteiger partial charge in [-0.25, -0.2) is 13.1 Å². The van der Waals surface area contributed by atoms with Crippen molar-refractivity contribution >= 4 is 15.8 Å². The van der Waals surface area contributed by atoms with Crippen molar-refractivity contribution < 1.29 is 13.2 Å². The van der Waals surface area contributed by atoms with E-state index in [0.717, 1.165) is 6.42 Å². The van der Waals surface area contributed by atoms with Gasteiger partial charge in [-0.05, 0) is 6.42 Å². The molecule has 0 aliphatic carbocycles. The highest BCUT2D eigenvalue weighted by atomic mass is 32.2. The second kappa shape index (κ2) is 5.61. The van der Waals surface area contributed by atoms with Gasteiger partial charge < -0.3 is 0 Å². The molecule has 0 bridgehead atoms. The molecule has 4 nitrogen and oxygen atoms in total. The summed E-state index contributed by atoms with van der Waals surface area (Å²) in [7, 11) is -3.27. The van der Waals surface area contributed by atoms with E-state index in [1.165, 1.54) is 0 Å². The number of nitrogens with one attached hydrogen (secondary N) is 1. The molecule has 0 aliphatic heterocycles. The Bertz CT molecular complexity index is 301. The average molecular weight is 235 g/mol. The summed E-state index contributed by atoms with van der Waals surface area (Å²) < 4.78 is 25.0. The molecule has 15 heavy (non-hydrogen) atoms. The van der Waals surface area contributed by atoms with Gasteiger partial charge in [-0.3, -0.25) is 4.79 Å². The molecule has 0 saturated carbocycles. The molecule has 5 heteroatoms. The molecular weight excluding hydrogens is 214 g/mol. The summed E-state index contributed by atoms with van der Waals surface area (Å²) in [5.74, 6) is 0.00330. The largest absolute Gasteiger partial charge is 0.298 e. The van der Waals surface area contributed by atoms with E-state index >= 15 is 0 Å². The zero-order valence-electron chi connectivity index (χ0n) is 9.96. The van der Waals surface area contributed by atoms with Crippen LogP contribution in [0.2, 0.25) is 0 Å². The van der Waals surface area contributed by atoms with Crippen molar-refractivity contribution in [3.8, 4) is 0 Å². The Hall–Kier alpha value is -0.420. The number of sulfonamides is 1. The van der Waals surface area contributed by atoms with E-state index in [4.69, 9.17) is 0 Å². The maximum Gasteiger partial charge on any atom is 0.211 e. The standard InChI is InChI=1S/C10H21NO3S/c1-5-6-7-15(13,14)11-8-9(12)10(2,3)4/h11H,5-8H2,1-4H3. The topological polar surface area (TPSA) is 63.2 Å². The third kappa shape index (κ3) is 6.62. The lowest BCUT2D eigenvalue weighted by Crippen LogP contribution is -2.36. The van der Waals surface area contributed by atoms with Crippen LogP contribution < -0.4 is 4.72 Å². The Morgan fingerprint density at radius 1 is 1.27 bits per heavy atom. The highest BCUT2D eigenvalue weighted by molar-refractivity contribution is 7.89. The van der Waals surface area contributed by atoms with Crippen LogP contribution in [-0.4, -0.2) is 26.5 Å². The molecule has 0 radical (unpaired) electrons. The van der Waals surface area contributed by atoms with Gasteiger partial charge >= 0.3 is 0 Å². The predicted octanol–water partition coefficient (Wildman–Crippen LogP) is 1.32. The number of rotatable bonds is 6. The lowest BCUT2D eigenvalue weighted by molar-refractivity contribution is -0.125. The van der Waals surface area contributed by atoms with Crippen LogP contribution in [0.5, 0.6) is 0 Å². The average Bonchev–Trinajstić information content (AvgIpc) is 2.09. The van der Waals surface area contributed by atoms with Crippen molar-refractivity contribution in [2.45, 2.75) is 40.5 Å². The minimum Gasteiger partial charge on any atom is -0.298 e. The van der Waals surface area contributed by atoms with E-state index in [0.29, 0.717) is 6.42 Å². The molecule has 0 spiro atoms. The molecule has 90 valence electrons. The molecule has 1 N–H and O–H groups in total. The smallest absolute Gasteiger partial charge is 0.211 e. The lowest BCUT2D eigenvalue weighted by Gasteiger charge is -2.16. The summed E-state index contributed by atoms with van der Waals surface area (Å²) >= 11 is 0. The quantitative estimate of drug-likeness (QED) is 0.755. The second-order valence-electron chi connectivity index (χ2n) is 4.67. The molecule has 0 amide bonds. The number of hydrogen-bond donors (Lipinski definition) is 1. The predicted molar refractivity (Wildman–Crippen MR) is 61.2 cm³/mol. The minimum absolute atomic E-state index is 0.0948. The summed E-state index contributed by atoms with van der Waals surface area (Å²) in [4.78, 5) is 11.5. The van der Waals surface area contributed by atoms with E-state index in [9.17, 15) is 13.2 Å². The van der Waals surface area contributed by atoms with E-state index in [2.05, 4.69) is 4.72 Å². The summed E-state index contributed by atoms with van der Waals surface area (Å²) in [6.07, 6.45) is 1.45. The summed E-state index contributed by atoms with van der Waals surface area (Å²) in [5, 5.41) is 0. The van der Waals surface area contributed by atoms with Crippen molar-refractivity contribution in [2.24, 2.45) is 5.41 Å². The summed E-state index contributed by atoms with van der Waals surface area (Å²) in [5.41, 5.74) is -0.493. The van der Waals surface area contributed by atoms with Crippen molar-refractivity contribution in [3.05, 3.63) is 0 Å². The number of carbonyl (C=O) groups excluding carboxylic acids is 1. The highest BCUT2D eigenvalue weighted by Gasteiger charge is 2.22. The minimum atomic E-state index is -3.27. The van der Waals surface area contributed by atoms with Crippen LogP contribution in [0.1, 0.15) is 40.5 Å². The zero-order chi connectivity index (χ0) is 12.1. The maximum atomic E-state index is 11.5. The lowest BCUT2D eigenvalue weighted by atomic mass is 9.91. The second-order valence-corrected chi connectivity index (χ2v) is 6.59. The van der Waals surface area contributed by atoms with Gasteiger partial charge in [0.1, 0.15) is 0 Å². The molecule has 0 aromatic heterocycles. The molecule has 0 aromatic carbocycles. The third-order valence-electron chi connectivity index (χ3n) is 2.06. The number of hydrogen-bond acceptors (Lipinski definition) is 3. The Morgan fingerprint density at radius 3 is 2.20 bits per heavy atom. The SMILES string of the molecule is CCCCS(=O)(=O)NCC(=O)C(C)(C)C. The van der Waals surface area contributed by atoms with Crippen LogP contribution in [-0.2, 0) is 14.8 Å². The number of Topliss-reactive ketones (excluding diaryl/α,β-unsaturated/α-hetero) is 1. The first-order valence-electron chi connectivity index (χ1n) is 5.19. The molecule has 0 aromatic rings. The van der Waals surface area contributed by atoms with Gasteiger partial charge in [0, 0.05) is 5.41 Å². The first kappa shape index (κ1) is 14.6. The van der Waals surface area contributed by atoms with Crippen molar-refractivity contribution in [1.82, 2.24) is 4.72 Å². The van der Waals surface area contributed by atoms with Gasteiger partial charge in [-0.15, -0.1) is 0 Å². The van der Waals surface area contributed by atoms with E-state index < -0.39 is 15.4 Å². The molecule has 0 unspecified atom stereocenters. The third-order valence-corrected chi connectivity index (χ3v) is 3.47. The van der Waals surface area contributed by atoms with Crippen molar-refractivity contribution in [3.63, 3.8) is 0 Å². The Labute approximate surface area is 92.5 Å². The van der Waals surface area contributed by atoms with Crippen molar-refractivity contribution in [2.75, 3.05) is 12.3 Å². The molecule has 0 atom stereocenters. The van der Waals surface area contributed by atoms with Crippen molar-refractivity contribution in [1.29, 1.82) is 0 Å². The number of unbranched alkanes of at least 4 members (excludes halogenated alkanes) is 1. The van der Waals surface area contributed by atoms with Gasteiger partial charge in [0.2, 0.25) is 10.0 Å². The summed E-state index contributed by atoms with van der Waals surface area (Å²) in [6.45, 7) is 7.15. The van der Waals surface area contributed by atoms with Crippen LogP contribution in [0.3, 0.4) is 0 Å². The fourth-order valence-electron chi connectivity index (χ4n) is 0.847. The highest BCUT2D eigenvalue weighted by Crippen LogP contribution is 2.13. The normalized spacial score (nSPS) is 12.8. The molecular formula is C10H21NO3S. The zero-order valence-corrected chi connectivity index (χ0v) is 10.8. The molecule has 0 fully saturated rings. The molecule has 0 rings (SSSR count). The van der Waals surface area contributed by atoms with Crippen LogP contribution in [0, 0.1) is 5.41 Å². The molecule has 0 saturated heterocycles. The first-order valence-corrected chi connectivity index (χ1v) is 6.85. The van der Waals surface area contributed by atoms with Gasteiger partial charge in [0.15, 0.2) is 5.78 Å². The summed E-state index contributed by atoms with van der Waals surface area (Å²) in [6, 6.07) is 0. The van der Waals surface area contributed by atoms with Crippen LogP contribution in [0.15, 0.2) is 0 Å². The Balaban J connectivity index is 4.11. The Morgan fingerprint density at radius 2 is 1.80 bits per heavy atom.